The van der Waals surface area contributed by atoms with Crippen LogP contribution in [0.25, 0.3) is 5.69 Å². The van der Waals surface area contributed by atoms with Gasteiger partial charge in [0.25, 0.3) is 0 Å². The van der Waals surface area contributed by atoms with Gasteiger partial charge in [-0.15, -0.1) is 0 Å². The zero-order valence-corrected chi connectivity index (χ0v) is 12.4. The first-order chi connectivity index (χ1) is 8.41. The van der Waals surface area contributed by atoms with Gasteiger partial charge in [-0.1, -0.05) is 32.9 Å². The van der Waals surface area contributed by atoms with E-state index in [1.165, 1.54) is 5.56 Å². The highest BCUT2D eigenvalue weighted by Gasteiger charge is 2.13. The summed E-state index contributed by atoms with van der Waals surface area (Å²) in [4.78, 5) is 0. The Hall–Kier alpha value is -1.13. The number of halogens is 1. The summed E-state index contributed by atoms with van der Waals surface area (Å²) >= 11 is 3.38. The minimum Gasteiger partial charge on any atom is -0.390 e. The predicted octanol–water partition coefficient (Wildman–Crippen LogP) is 3.42. The molecule has 3 nitrogen and oxygen atoms in total. The fourth-order valence-electron chi connectivity index (χ4n) is 1.74. The third kappa shape index (κ3) is 2.65. The topological polar surface area (TPSA) is 38.0 Å². The molecule has 1 N–H and O–H groups in total. The fourth-order valence-corrected chi connectivity index (χ4v) is 2.14. The molecule has 4 heteroatoms. The monoisotopic (exact) mass is 308 g/mol. The molecule has 2 aromatic rings. The molecule has 0 bridgehead atoms. The number of aromatic nitrogens is 2. The Balaban J connectivity index is 2.34. The van der Waals surface area contributed by atoms with Crippen LogP contribution >= 0.6 is 15.9 Å². The van der Waals surface area contributed by atoms with E-state index in [0.717, 1.165) is 10.2 Å². The molecule has 1 aromatic carbocycles. The van der Waals surface area contributed by atoms with Crippen molar-refractivity contribution in [1.82, 2.24) is 9.78 Å². The normalized spacial score (nSPS) is 11.8. The summed E-state index contributed by atoms with van der Waals surface area (Å²) < 4.78 is 2.59. The Labute approximate surface area is 116 Å². The van der Waals surface area contributed by atoms with E-state index in [0.29, 0.717) is 5.69 Å². The summed E-state index contributed by atoms with van der Waals surface area (Å²) in [6.45, 7) is 6.51. The number of aliphatic hydroxyl groups is 1. The minimum absolute atomic E-state index is 0.0618. The van der Waals surface area contributed by atoms with Gasteiger partial charge < -0.3 is 5.11 Å². The van der Waals surface area contributed by atoms with Crippen molar-refractivity contribution < 1.29 is 5.11 Å². The third-order valence-corrected chi connectivity index (χ3v) is 3.55. The average Bonchev–Trinajstić information content (AvgIpc) is 2.69. The summed E-state index contributed by atoms with van der Waals surface area (Å²) in [5.41, 5.74) is 3.08. The molecule has 2 rings (SSSR count). The van der Waals surface area contributed by atoms with E-state index in [-0.39, 0.29) is 12.0 Å². The van der Waals surface area contributed by atoms with Gasteiger partial charge in [0.15, 0.2) is 0 Å². The predicted molar refractivity (Wildman–Crippen MR) is 75.9 cm³/mol. The lowest BCUT2D eigenvalue weighted by molar-refractivity contribution is 0.275. The van der Waals surface area contributed by atoms with Gasteiger partial charge in [0.05, 0.1) is 16.8 Å². The zero-order chi connectivity index (χ0) is 13.3. The second-order valence-electron chi connectivity index (χ2n) is 5.32. The van der Waals surface area contributed by atoms with Gasteiger partial charge in [0.1, 0.15) is 5.69 Å². The summed E-state index contributed by atoms with van der Waals surface area (Å²) in [6.07, 6.45) is 1.86. The highest BCUT2D eigenvalue weighted by molar-refractivity contribution is 9.10. The molecule has 1 heterocycles. The number of hydrogen-bond acceptors (Lipinski definition) is 2. The summed E-state index contributed by atoms with van der Waals surface area (Å²) in [7, 11) is 0. The molecule has 0 spiro atoms. The lowest BCUT2D eigenvalue weighted by Gasteiger charge is -2.19. The highest BCUT2D eigenvalue weighted by atomic mass is 79.9. The van der Waals surface area contributed by atoms with E-state index < -0.39 is 0 Å². The van der Waals surface area contributed by atoms with E-state index in [1.807, 2.05) is 18.3 Å². The average molecular weight is 309 g/mol. The van der Waals surface area contributed by atoms with Gasteiger partial charge in [-0.25, -0.2) is 4.68 Å². The Morgan fingerprint density at radius 3 is 2.28 bits per heavy atom. The summed E-state index contributed by atoms with van der Waals surface area (Å²) in [5.74, 6) is 0. The van der Waals surface area contributed by atoms with Gasteiger partial charge in [-0.05, 0) is 39.0 Å². The van der Waals surface area contributed by atoms with Gasteiger partial charge >= 0.3 is 0 Å². The van der Waals surface area contributed by atoms with Crippen molar-refractivity contribution in [2.45, 2.75) is 32.8 Å². The van der Waals surface area contributed by atoms with Crippen molar-refractivity contribution in [3.63, 3.8) is 0 Å². The van der Waals surface area contributed by atoms with Gasteiger partial charge in [0.2, 0.25) is 0 Å². The molecule has 0 amide bonds. The van der Waals surface area contributed by atoms with Crippen molar-refractivity contribution in [2.75, 3.05) is 0 Å². The number of benzene rings is 1. The third-order valence-electron chi connectivity index (χ3n) is 2.89. The summed E-state index contributed by atoms with van der Waals surface area (Å²) in [5, 5.41) is 13.4. The molecule has 0 unspecified atom stereocenters. The van der Waals surface area contributed by atoms with Crippen LogP contribution in [0.2, 0.25) is 0 Å². The number of nitrogens with zero attached hydrogens (tertiary/aromatic N) is 2. The van der Waals surface area contributed by atoms with E-state index in [1.54, 1.807) is 4.68 Å². The van der Waals surface area contributed by atoms with Crippen LogP contribution in [-0.2, 0) is 12.0 Å². The largest absolute Gasteiger partial charge is 0.390 e. The van der Waals surface area contributed by atoms with Crippen LogP contribution in [0.15, 0.2) is 34.9 Å². The van der Waals surface area contributed by atoms with Crippen LogP contribution in [-0.4, -0.2) is 14.9 Å². The highest BCUT2D eigenvalue weighted by Crippen LogP contribution is 2.24. The standard InChI is InChI=1S/C14H17BrN2O/c1-14(2,3)10-4-6-11(7-5-10)17-8-12(15)13(9-18)16-17/h4-8,18H,9H2,1-3H3. The van der Waals surface area contributed by atoms with Crippen LogP contribution in [0, 0.1) is 0 Å². The van der Waals surface area contributed by atoms with E-state index in [4.69, 9.17) is 5.11 Å². The number of hydrogen-bond donors (Lipinski definition) is 1. The first-order valence-corrected chi connectivity index (χ1v) is 6.67. The maximum atomic E-state index is 9.12. The van der Waals surface area contributed by atoms with Gasteiger partial charge in [-0.3, -0.25) is 0 Å². The summed E-state index contributed by atoms with van der Waals surface area (Å²) in [6, 6.07) is 8.31. The van der Waals surface area contributed by atoms with Crippen LogP contribution < -0.4 is 0 Å². The lowest BCUT2D eigenvalue weighted by Crippen LogP contribution is -2.10. The van der Waals surface area contributed by atoms with E-state index >= 15 is 0 Å². The lowest BCUT2D eigenvalue weighted by atomic mass is 9.87. The Bertz CT molecular complexity index is 538. The molecule has 0 aliphatic carbocycles. The molecule has 0 saturated carbocycles. The molecule has 1 aromatic heterocycles. The first kappa shape index (κ1) is 13.3. The van der Waals surface area contributed by atoms with Crippen molar-refractivity contribution in [2.24, 2.45) is 0 Å². The molecule has 0 radical (unpaired) electrons. The molecule has 0 saturated heterocycles. The zero-order valence-electron chi connectivity index (χ0n) is 10.8. The Morgan fingerprint density at radius 1 is 1.22 bits per heavy atom. The molecule has 0 atom stereocenters. The minimum atomic E-state index is -0.0618. The van der Waals surface area contributed by atoms with Crippen molar-refractivity contribution in [3.05, 3.63) is 46.2 Å². The Morgan fingerprint density at radius 2 is 1.83 bits per heavy atom. The SMILES string of the molecule is CC(C)(C)c1ccc(-n2cc(Br)c(CO)n2)cc1. The van der Waals surface area contributed by atoms with Crippen molar-refractivity contribution in [3.8, 4) is 5.69 Å². The van der Waals surface area contributed by atoms with E-state index in [9.17, 15) is 0 Å². The fraction of sp³-hybridized carbons (Fsp3) is 0.357. The van der Waals surface area contributed by atoms with Crippen LogP contribution in [0.4, 0.5) is 0 Å². The smallest absolute Gasteiger partial charge is 0.102 e. The van der Waals surface area contributed by atoms with Crippen molar-refractivity contribution >= 4 is 15.9 Å². The maximum absolute atomic E-state index is 9.12. The van der Waals surface area contributed by atoms with Crippen LogP contribution in [0.3, 0.4) is 0 Å². The number of aliphatic hydroxyl groups excluding tert-OH is 1. The molecule has 96 valence electrons. The second kappa shape index (κ2) is 4.86. The quantitative estimate of drug-likeness (QED) is 0.923. The maximum Gasteiger partial charge on any atom is 0.102 e. The van der Waals surface area contributed by atoms with E-state index in [2.05, 4.69) is 53.9 Å². The molecular formula is C14H17BrN2O. The first-order valence-electron chi connectivity index (χ1n) is 5.87. The number of rotatable bonds is 2. The second-order valence-corrected chi connectivity index (χ2v) is 6.18. The molecular weight excluding hydrogens is 292 g/mol. The molecule has 18 heavy (non-hydrogen) atoms. The molecule has 0 fully saturated rings. The van der Waals surface area contributed by atoms with Crippen LogP contribution in [0.5, 0.6) is 0 Å². The van der Waals surface area contributed by atoms with Crippen LogP contribution in [0.1, 0.15) is 32.0 Å². The van der Waals surface area contributed by atoms with Gasteiger partial charge in [0, 0.05) is 6.20 Å². The van der Waals surface area contributed by atoms with Gasteiger partial charge in [-0.2, -0.15) is 5.10 Å². The molecule has 0 aliphatic rings. The Kier molecular flexibility index (Phi) is 3.59. The molecule has 0 aliphatic heterocycles. The van der Waals surface area contributed by atoms with Crippen molar-refractivity contribution in [1.29, 1.82) is 0 Å².